The van der Waals surface area contributed by atoms with E-state index in [1.54, 1.807) is 0 Å². The second-order valence-corrected chi connectivity index (χ2v) is 4.74. The van der Waals surface area contributed by atoms with Gasteiger partial charge >= 0.3 is 0 Å². The lowest BCUT2D eigenvalue weighted by Crippen LogP contribution is -2.40. The minimum atomic E-state index is 0.637. The van der Waals surface area contributed by atoms with Gasteiger partial charge in [-0.25, -0.2) is 0 Å². The lowest BCUT2D eigenvalue weighted by molar-refractivity contribution is 0.165. The highest BCUT2D eigenvalue weighted by Gasteiger charge is 2.47. The molecule has 0 atom stereocenters. The molecule has 1 heterocycles. The topological polar surface area (TPSA) is 3.24 Å². The Bertz CT molecular complexity index is 211. The van der Waals surface area contributed by atoms with Crippen LogP contribution in [0.3, 0.4) is 0 Å². The Hall–Kier alpha value is -0.460. The van der Waals surface area contributed by atoms with Crippen LogP contribution < -0.4 is 0 Å². The quantitative estimate of drug-likeness (QED) is 0.574. The average Bonchev–Trinajstić information content (AvgIpc) is 2.82. The second-order valence-electron chi connectivity index (χ2n) is 4.74. The van der Waals surface area contributed by atoms with E-state index in [0.29, 0.717) is 5.54 Å². The number of nitrogens with zero attached hydrogens (tertiary/aromatic N) is 1. The van der Waals surface area contributed by atoms with E-state index in [1.165, 1.54) is 45.1 Å². The molecular weight excluding hydrogens is 146 g/mol. The van der Waals surface area contributed by atoms with Crippen molar-refractivity contribution in [3.63, 3.8) is 0 Å². The van der Waals surface area contributed by atoms with E-state index in [9.17, 15) is 0 Å². The number of hydrogen-bond acceptors (Lipinski definition) is 1. The van der Waals surface area contributed by atoms with Gasteiger partial charge in [-0.3, -0.25) is 0 Å². The highest BCUT2D eigenvalue weighted by atomic mass is 15.2. The Morgan fingerprint density at radius 3 is 2.58 bits per heavy atom. The maximum atomic E-state index is 2.64. The van der Waals surface area contributed by atoms with Gasteiger partial charge < -0.3 is 4.90 Å². The Morgan fingerprint density at radius 2 is 2.08 bits per heavy atom. The Labute approximate surface area is 74.4 Å². The third-order valence-corrected chi connectivity index (χ3v) is 4.14. The zero-order valence-corrected chi connectivity index (χ0v) is 7.63. The fourth-order valence-electron chi connectivity index (χ4n) is 3.45. The number of hydrogen-bond donors (Lipinski definition) is 0. The molecule has 1 aliphatic heterocycles. The van der Waals surface area contributed by atoms with Gasteiger partial charge in [0.15, 0.2) is 0 Å². The third kappa shape index (κ3) is 0.797. The summed E-state index contributed by atoms with van der Waals surface area (Å²) in [7, 11) is 0. The van der Waals surface area contributed by atoms with Crippen molar-refractivity contribution in [1.82, 2.24) is 4.90 Å². The normalized spacial score (nSPS) is 44.7. The predicted molar refractivity (Wildman–Crippen MR) is 49.8 cm³/mol. The molecule has 0 spiro atoms. The van der Waals surface area contributed by atoms with E-state index < -0.39 is 0 Å². The molecule has 0 aromatic rings. The van der Waals surface area contributed by atoms with E-state index in [1.807, 2.05) is 0 Å². The molecule has 1 heteroatoms. The zero-order chi connectivity index (χ0) is 8.02. The summed E-state index contributed by atoms with van der Waals surface area (Å²) in [6.07, 6.45) is 13.4. The van der Waals surface area contributed by atoms with Gasteiger partial charge in [-0.05, 0) is 50.6 Å². The molecule has 2 fully saturated rings. The van der Waals surface area contributed by atoms with Crippen molar-refractivity contribution in [2.24, 2.45) is 5.92 Å². The Morgan fingerprint density at radius 1 is 1.25 bits per heavy atom. The molecule has 0 radical (unpaired) electrons. The molecule has 0 saturated heterocycles. The molecular formula is C11H17N. The van der Waals surface area contributed by atoms with Crippen LogP contribution in [0.15, 0.2) is 12.3 Å². The highest BCUT2D eigenvalue weighted by molar-refractivity contribution is 5.09. The van der Waals surface area contributed by atoms with E-state index in [0.717, 1.165) is 5.92 Å². The molecule has 0 amide bonds. The fraction of sp³-hybridized carbons (Fsp3) is 0.818. The van der Waals surface area contributed by atoms with Crippen molar-refractivity contribution in [3.8, 4) is 0 Å². The first-order valence-electron chi connectivity index (χ1n) is 5.33. The average molecular weight is 163 g/mol. The summed E-state index contributed by atoms with van der Waals surface area (Å²) < 4.78 is 0. The van der Waals surface area contributed by atoms with E-state index in [4.69, 9.17) is 0 Å². The molecule has 0 N–H and O–H groups in total. The monoisotopic (exact) mass is 163 g/mol. The van der Waals surface area contributed by atoms with Gasteiger partial charge in [0.2, 0.25) is 0 Å². The van der Waals surface area contributed by atoms with Crippen molar-refractivity contribution in [3.05, 3.63) is 12.3 Å². The van der Waals surface area contributed by atoms with Gasteiger partial charge in [0.25, 0.3) is 0 Å². The highest BCUT2D eigenvalue weighted by Crippen LogP contribution is 2.51. The van der Waals surface area contributed by atoms with Crippen LogP contribution in [0.4, 0.5) is 0 Å². The molecule has 66 valence electrons. The zero-order valence-electron chi connectivity index (χ0n) is 7.63. The first-order valence-corrected chi connectivity index (χ1v) is 5.33. The molecule has 12 heavy (non-hydrogen) atoms. The summed E-state index contributed by atoms with van der Waals surface area (Å²) in [4.78, 5) is 2.64. The van der Waals surface area contributed by atoms with E-state index >= 15 is 0 Å². The number of fused-ring (bicyclic) bond motifs is 2. The van der Waals surface area contributed by atoms with Crippen LogP contribution in [-0.2, 0) is 0 Å². The summed E-state index contributed by atoms with van der Waals surface area (Å²) in [6, 6.07) is 0. The van der Waals surface area contributed by atoms with Gasteiger partial charge in [0.05, 0.1) is 0 Å². The molecule has 2 bridgehead atoms. The van der Waals surface area contributed by atoms with Gasteiger partial charge in [0.1, 0.15) is 0 Å². The van der Waals surface area contributed by atoms with Crippen LogP contribution in [-0.4, -0.2) is 17.0 Å². The Kier molecular flexibility index (Phi) is 1.32. The lowest BCUT2D eigenvalue weighted by atomic mass is 9.92. The van der Waals surface area contributed by atoms with E-state index in [2.05, 4.69) is 17.2 Å². The van der Waals surface area contributed by atoms with Crippen molar-refractivity contribution in [2.75, 3.05) is 6.54 Å². The van der Waals surface area contributed by atoms with Crippen molar-refractivity contribution < 1.29 is 0 Å². The third-order valence-electron chi connectivity index (χ3n) is 4.14. The minimum Gasteiger partial charge on any atom is -0.372 e. The van der Waals surface area contributed by atoms with Crippen LogP contribution in [0.25, 0.3) is 0 Å². The molecule has 1 nitrogen and oxygen atoms in total. The second kappa shape index (κ2) is 2.27. The molecule has 0 aromatic heterocycles. The van der Waals surface area contributed by atoms with Gasteiger partial charge in [0, 0.05) is 12.1 Å². The van der Waals surface area contributed by atoms with Crippen LogP contribution in [0.2, 0.25) is 0 Å². The summed E-state index contributed by atoms with van der Waals surface area (Å²) in [5, 5.41) is 0. The van der Waals surface area contributed by atoms with Crippen LogP contribution in [0.5, 0.6) is 0 Å². The molecule has 2 saturated carbocycles. The first-order chi connectivity index (χ1) is 5.89. The maximum absolute atomic E-state index is 2.64. The molecule has 0 unspecified atom stereocenters. The van der Waals surface area contributed by atoms with Crippen LogP contribution >= 0.6 is 0 Å². The molecule has 2 aliphatic carbocycles. The summed E-state index contributed by atoms with van der Waals surface area (Å²) in [6.45, 7) is 1.30. The molecule has 3 rings (SSSR count). The molecule has 0 aromatic carbocycles. The largest absolute Gasteiger partial charge is 0.372 e. The predicted octanol–water partition coefficient (Wildman–Crippen LogP) is 2.54. The van der Waals surface area contributed by atoms with Crippen molar-refractivity contribution in [2.45, 2.75) is 44.1 Å². The van der Waals surface area contributed by atoms with E-state index in [-0.39, 0.29) is 0 Å². The SMILES string of the molecule is C1=CN(C23CCC(CC2)C3)CC1. The fourth-order valence-corrected chi connectivity index (χ4v) is 3.45. The van der Waals surface area contributed by atoms with Crippen molar-refractivity contribution in [1.29, 1.82) is 0 Å². The lowest BCUT2D eigenvalue weighted by Gasteiger charge is -2.37. The van der Waals surface area contributed by atoms with Crippen LogP contribution in [0, 0.1) is 5.92 Å². The summed E-state index contributed by atoms with van der Waals surface area (Å²) in [5.74, 6) is 1.08. The standard InChI is InChI=1S/C11H17N/c1-2-8-12(7-1)11-5-3-10(9-11)4-6-11/h1,7,10H,2-6,8-9H2. The molecule has 3 aliphatic rings. The van der Waals surface area contributed by atoms with Gasteiger partial charge in [-0.15, -0.1) is 0 Å². The smallest absolute Gasteiger partial charge is 0.0399 e. The number of rotatable bonds is 1. The summed E-state index contributed by atoms with van der Waals surface area (Å²) >= 11 is 0. The van der Waals surface area contributed by atoms with Crippen LogP contribution in [0.1, 0.15) is 38.5 Å². The minimum absolute atomic E-state index is 0.637. The van der Waals surface area contributed by atoms with Gasteiger partial charge in [-0.1, -0.05) is 6.08 Å². The Balaban J connectivity index is 1.85. The maximum Gasteiger partial charge on any atom is 0.0399 e. The summed E-state index contributed by atoms with van der Waals surface area (Å²) in [5.41, 5.74) is 0.637. The van der Waals surface area contributed by atoms with Crippen molar-refractivity contribution >= 4 is 0 Å². The van der Waals surface area contributed by atoms with Gasteiger partial charge in [-0.2, -0.15) is 0 Å². The first kappa shape index (κ1) is 6.99.